The molecule has 43 heavy (non-hydrogen) atoms. The van der Waals surface area contributed by atoms with Crippen LogP contribution < -0.4 is 10.4 Å². The standard InChI is InChI=1S/C18H29FO2Si.C18H30O2Si/c1-14(2)22(19,15(3)4)17-10-8-16(9-11-17)13-21-18-7-5-6-12-20-18;1-14(2)21(15(3)4)17-10-8-16(9-11-17)13-20-18-7-5-6-12-19-18/h8-11,14-15,18H,5-7,12-13H2,1-4H3;8-11,14-15,18,21H,5-7,12-13H2,1-4H3. The lowest BCUT2D eigenvalue weighted by Crippen LogP contribution is -2.49. The van der Waals surface area contributed by atoms with Gasteiger partial charge in [-0.05, 0) is 77.0 Å². The highest BCUT2D eigenvalue weighted by Gasteiger charge is 2.43. The van der Waals surface area contributed by atoms with Crippen molar-refractivity contribution in [3.8, 4) is 0 Å². The minimum atomic E-state index is -2.92. The molecule has 2 saturated heterocycles. The molecule has 0 aromatic heterocycles. The molecule has 0 amide bonds. The number of rotatable bonds is 12. The molecule has 0 radical (unpaired) electrons. The molecule has 4 nitrogen and oxygen atoms in total. The highest BCUT2D eigenvalue weighted by atomic mass is 28.4. The summed E-state index contributed by atoms with van der Waals surface area (Å²) in [6.45, 7) is 20.3. The fourth-order valence-electron chi connectivity index (χ4n) is 6.63. The summed E-state index contributed by atoms with van der Waals surface area (Å²) in [5.41, 5.74) is 4.14. The number of benzene rings is 2. The molecule has 0 bridgehead atoms. The van der Waals surface area contributed by atoms with Gasteiger partial charge in [-0.1, -0.05) is 109 Å². The molecule has 2 unspecified atom stereocenters. The van der Waals surface area contributed by atoms with E-state index in [0.717, 1.165) is 54.3 Å². The topological polar surface area (TPSA) is 36.9 Å². The van der Waals surface area contributed by atoms with E-state index in [-0.39, 0.29) is 23.7 Å². The van der Waals surface area contributed by atoms with Crippen molar-refractivity contribution < 1.29 is 23.1 Å². The van der Waals surface area contributed by atoms with E-state index in [1.807, 2.05) is 52.0 Å². The summed E-state index contributed by atoms with van der Waals surface area (Å²) in [5.74, 6) is 0. The van der Waals surface area contributed by atoms with Gasteiger partial charge >= 0.3 is 0 Å². The minimum Gasteiger partial charge on any atom is -0.353 e. The van der Waals surface area contributed by atoms with Crippen molar-refractivity contribution in [2.75, 3.05) is 13.2 Å². The van der Waals surface area contributed by atoms with Crippen LogP contribution in [0.1, 0.15) is 105 Å². The first kappa shape index (κ1) is 36.1. The zero-order chi connectivity index (χ0) is 31.4. The van der Waals surface area contributed by atoms with E-state index >= 15 is 4.11 Å². The van der Waals surface area contributed by atoms with Crippen LogP contribution in [-0.4, -0.2) is 43.0 Å². The van der Waals surface area contributed by atoms with Crippen LogP contribution in [0, 0.1) is 0 Å². The predicted octanol–water partition coefficient (Wildman–Crippen LogP) is 8.66. The van der Waals surface area contributed by atoms with Gasteiger partial charge in [0.15, 0.2) is 12.6 Å². The van der Waals surface area contributed by atoms with E-state index in [4.69, 9.17) is 18.9 Å². The number of hydrogen-bond acceptors (Lipinski definition) is 4. The Balaban J connectivity index is 0.000000236. The third-order valence-electron chi connectivity index (χ3n) is 9.03. The minimum absolute atomic E-state index is 0.00637. The van der Waals surface area contributed by atoms with E-state index in [1.54, 1.807) is 5.19 Å². The zero-order valence-corrected chi connectivity index (χ0v) is 30.4. The van der Waals surface area contributed by atoms with Gasteiger partial charge in [0.1, 0.15) is 0 Å². The average Bonchev–Trinajstić information content (AvgIpc) is 3.00. The van der Waals surface area contributed by atoms with E-state index in [9.17, 15) is 0 Å². The molecule has 0 N–H and O–H groups in total. The maximum Gasteiger partial charge on any atom is 0.282 e. The van der Waals surface area contributed by atoms with Gasteiger partial charge in [0, 0.05) is 13.2 Å². The molecular formula is C36H59FO4Si2. The van der Waals surface area contributed by atoms with Gasteiger partial charge in [-0.3, -0.25) is 0 Å². The largest absolute Gasteiger partial charge is 0.353 e. The molecule has 2 fully saturated rings. The third-order valence-corrected chi connectivity index (χ3v) is 17.6. The van der Waals surface area contributed by atoms with Crippen molar-refractivity contribution in [2.45, 2.75) is 142 Å². The molecule has 2 heterocycles. The van der Waals surface area contributed by atoms with Crippen LogP contribution in [-0.2, 0) is 32.2 Å². The second-order valence-electron chi connectivity index (χ2n) is 13.7. The fourth-order valence-corrected chi connectivity index (χ4v) is 13.7. The van der Waals surface area contributed by atoms with Crippen molar-refractivity contribution >= 4 is 27.6 Å². The Morgan fingerprint density at radius 1 is 0.674 bits per heavy atom. The summed E-state index contributed by atoms with van der Waals surface area (Å²) in [5, 5.41) is 2.48. The van der Waals surface area contributed by atoms with E-state index < -0.39 is 17.2 Å². The van der Waals surface area contributed by atoms with E-state index in [0.29, 0.717) is 13.2 Å². The highest BCUT2D eigenvalue weighted by Crippen LogP contribution is 2.33. The Morgan fingerprint density at radius 3 is 1.44 bits per heavy atom. The fraction of sp³-hybridized carbons (Fsp3) is 0.667. The Kier molecular flexibility index (Phi) is 15.1. The van der Waals surface area contributed by atoms with Crippen LogP contribution in [0.5, 0.6) is 0 Å². The molecule has 4 rings (SSSR count). The molecule has 0 saturated carbocycles. The molecular weight excluding hydrogens is 572 g/mol. The Bertz CT molecular complexity index is 1010. The molecule has 2 aromatic rings. The smallest absolute Gasteiger partial charge is 0.282 e. The summed E-state index contributed by atoms with van der Waals surface area (Å²) in [6, 6.07) is 17.1. The lowest BCUT2D eigenvalue weighted by Gasteiger charge is -2.30. The van der Waals surface area contributed by atoms with E-state index in [1.165, 1.54) is 24.8 Å². The van der Waals surface area contributed by atoms with Crippen molar-refractivity contribution in [1.82, 2.24) is 0 Å². The van der Waals surface area contributed by atoms with Gasteiger partial charge in [0.25, 0.3) is 8.41 Å². The maximum atomic E-state index is 15.5. The monoisotopic (exact) mass is 630 g/mol. The summed E-state index contributed by atoms with van der Waals surface area (Å²) in [7, 11) is -3.80. The van der Waals surface area contributed by atoms with Crippen molar-refractivity contribution in [3.63, 3.8) is 0 Å². The molecule has 2 aliphatic rings. The van der Waals surface area contributed by atoms with Gasteiger partial charge in [-0.25, -0.2) is 0 Å². The first-order chi connectivity index (χ1) is 20.5. The van der Waals surface area contributed by atoms with Crippen LogP contribution in [0.3, 0.4) is 0 Å². The van der Waals surface area contributed by atoms with Crippen LogP contribution in [0.15, 0.2) is 48.5 Å². The second-order valence-corrected chi connectivity index (χ2v) is 22.6. The lowest BCUT2D eigenvalue weighted by atomic mass is 10.2. The van der Waals surface area contributed by atoms with Gasteiger partial charge in [0.2, 0.25) is 0 Å². The zero-order valence-electron chi connectivity index (χ0n) is 28.2. The van der Waals surface area contributed by atoms with E-state index in [2.05, 4.69) is 52.0 Å². The molecule has 242 valence electrons. The summed E-state index contributed by atoms with van der Waals surface area (Å²) >= 11 is 0. The quantitative estimate of drug-likeness (QED) is 0.174. The third kappa shape index (κ3) is 10.9. The highest BCUT2D eigenvalue weighted by molar-refractivity contribution is 6.88. The molecule has 2 aromatic carbocycles. The van der Waals surface area contributed by atoms with Gasteiger partial charge in [0.05, 0.1) is 22.0 Å². The van der Waals surface area contributed by atoms with Crippen LogP contribution in [0.2, 0.25) is 22.2 Å². The van der Waals surface area contributed by atoms with Gasteiger partial charge < -0.3 is 23.1 Å². The van der Waals surface area contributed by atoms with Crippen LogP contribution in [0.25, 0.3) is 0 Å². The lowest BCUT2D eigenvalue weighted by molar-refractivity contribution is -0.169. The Labute approximate surface area is 264 Å². The molecule has 2 aliphatic heterocycles. The Hall–Kier alpha value is -1.36. The predicted molar refractivity (Wildman–Crippen MR) is 183 cm³/mol. The summed E-state index contributed by atoms with van der Waals surface area (Å²) in [4.78, 5) is 0. The Morgan fingerprint density at radius 2 is 1.09 bits per heavy atom. The van der Waals surface area contributed by atoms with Crippen molar-refractivity contribution in [2.24, 2.45) is 0 Å². The first-order valence-electron chi connectivity index (χ1n) is 16.9. The van der Waals surface area contributed by atoms with Crippen molar-refractivity contribution in [3.05, 3.63) is 59.7 Å². The normalized spacial score (nSPS) is 19.8. The van der Waals surface area contributed by atoms with Gasteiger partial charge in [-0.2, -0.15) is 0 Å². The maximum absolute atomic E-state index is 15.5. The summed E-state index contributed by atoms with van der Waals surface area (Å²) < 4.78 is 38.3. The van der Waals surface area contributed by atoms with Gasteiger partial charge in [-0.15, -0.1) is 0 Å². The molecule has 2 atom stereocenters. The molecule has 0 aliphatic carbocycles. The first-order valence-corrected chi connectivity index (χ1v) is 20.8. The average molecular weight is 631 g/mol. The number of ether oxygens (including phenoxy) is 4. The van der Waals surface area contributed by atoms with Crippen LogP contribution >= 0.6 is 0 Å². The molecule has 7 heteroatoms. The summed E-state index contributed by atoms with van der Waals surface area (Å²) in [6.07, 6.45) is 6.63. The SMILES string of the molecule is CC(C)[SiH](c1ccc(COC2CCCCO2)cc1)C(C)C.CC(C)[Si](F)(c1ccc(COC2CCCCO2)cc1)C(C)C. The number of hydrogen-bond donors (Lipinski definition) is 0. The van der Waals surface area contributed by atoms with Crippen LogP contribution in [0.4, 0.5) is 4.11 Å². The van der Waals surface area contributed by atoms with Crippen molar-refractivity contribution in [1.29, 1.82) is 0 Å². The number of halogens is 1. The molecule has 0 spiro atoms. The second kappa shape index (κ2) is 18.0.